The Morgan fingerprint density at radius 1 is 1.62 bits per heavy atom. The molecule has 0 amide bonds. The predicted molar refractivity (Wildman–Crippen MR) is 46.6 cm³/mol. The SMILES string of the molecule is CC(CC(=O)O)OC1CCOCC1. The van der Waals surface area contributed by atoms with E-state index >= 15 is 0 Å². The molecule has 0 bridgehead atoms. The van der Waals surface area contributed by atoms with Crippen LogP contribution >= 0.6 is 0 Å². The molecule has 0 spiro atoms. The van der Waals surface area contributed by atoms with Gasteiger partial charge in [0, 0.05) is 13.2 Å². The molecule has 4 nitrogen and oxygen atoms in total. The molecule has 1 N–H and O–H groups in total. The molecule has 1 unspecified atom stereocenters. The third kappa shape index (κ3) is 4.24. The van der Waals surface area contributed by atoms with Crippen molar-refractivity contribution in [3.05, 3.63) is 0 Å². The van der Waals surface area contributed by atoms with Gasteiger partial charge in [-0.3, -0.25) is 4.79 Å². The lowest BCUT2D eigenvalue weighted by molar-refractivity contribution is -0.142. The maximum absolute atomic E-state index is 10.3. The van der Waals surface area contributed by atoms with Crippen LogP contribution in [0.25, 0.3) is 0 Å². The highest BCUT2D eigenvalue weighted by molar-refractivity contribution is 5.67. The molecule has 0 aromatic heterocycles. The van der Waals surface area contributed by atoms with Gasteiger partial charge in [0.1, 0.15) is 0 Å². The van der Waals surface area contributed by atoms with Crippen molar-refractivity contribution < 1.29 is 19.4 Å². The van der Waals surface area contributed by atoms with E-state index in [0.717, 1.165) is 26.1 Å². The first kappa shape index (κ1) is 10.5. The van der Waals surface area contributed by atoms with Gasteiger partial charge in [-0.25, -0.2) is 0 Å². The van der Waals surface area contributed by atoms with Crippen molar-refractivity contribution in [1.82, 2.24) is 0 Å². The summed E-state index contributed by atoms with van der Waals surface area (Å²) < 4.78 is 10.7. The summed E-state index contributed by atoms with van der Waals surface area (Å²) in [6.45, 7) is 3.25. The van der Waals surface area contributed by atoms with Crippen molar-refractivity contribution in [2.75, 3.05) is 13.2 Å². The van der Waals surface area contributed by atoms with E-state index < -0.39 is 5.97 Å². The Morgan fingerprint density at radius 3 is 2.77 bits per heavy atom. The van der Waals surface area contributed by atoms with Gasteiger partial charge in [0.2, 0.25) is 0 Å². The molecule has 0 aliphatic carbocycles. The zero-order chi connectivity index (χ0) is 9.68. The summed E-state index contributed by atoms with van der Waals surface area (Å²) in [5, 5.41) is 8.51. The van der Waals surface area contributed by atoms with Gasteiger partial charge >= 0.3 is 5.97 Å². The number of rotatable bonds is 4. The number of carboxylic acids is 1. The van der Waals surface area contributed by atoms with Crippen LogP contribution in [0.15, 0.2) is 0 Å². The zero-order valence-corrected chi connectivity index (χ0v) is 7.86. The zero-order valence-electron chi connectivity index (χ0n) is 7.86. The average molecular weight is 188 g/mol. The van der Waals surface area contributed by atoms with Crippen LogP contribution in [0.5, 0.6) is 0 Å². The molecule has 1 atom stereocenters. The highest BCUT2D eigenvalue weighted by Gasteiger charge is 2.18. The molecule has 0 saturated carbocycles. The molecule has 1 saturated heterocycles. The van der Waals surface area contributed by atoms with Crippen LogP contribution in [0.2, 0.25) is 0 Å². The highest BCUT2D eigenvalue weighted by Crippen LogP contribution is 2.13. The van der Waals surface area contributed by atoms with Crippen molar-refractivity contribution in [2.24, 2.45) is 0 Å². The Morgan fingerprint density at radius 2 is 2.23 bits per heavy atom. The molecular weight excluding hydrogens is 172 g/mol. The Bertz CT molecular complexity index is 163. The molecule has 4 heteroatoms. The molecule has 0 aromatic carbocycles. The van der Waals surface area contributed by atoms with Crippen molar-refractivity contribution in [1.29, 1.82) is 0 Å². The van der Waals surface area contributed by atoms with E-state index in [1.807, 2.05) is 0 Å². The highest BCUT2D eigenvalue weighted by atomic mass is 16.5. The molecule has 76 valence electrons. The summed E-state index contributed by atoms with van der Waals surface area (Å²) in [6.07, 6.45) is 1.83. The van der Waals surface area contributed by atoms with E-state index in [2.05, 4.69) is 0 Å². The van der Waals surface area contributed by atoms with Gasteiger partial charge in [-0.15, -0.1) is 0 Å². The van der Waals surface area contributed by atoms with Crippen molar-refractivity contribution in [3.63, 3.8) is 0 Å². The lowest BCUT2D eigenvalue weighted by Gasteiger charge is -2.25. The fourth-order valence-corrected chi connectivity index (χ4v) is 1.43. The predicted octanol–water partition coefficient (Wildman–Crippen LogP) is 1.05. The molecule has 1 heterocycles. The topological polar surface area (TPSA) is 55.8 Å². The minimum absolute atomic E-state index is 0.0807. The Kier molecular flexibility index (Phi) is 4.18. The Labute approximate surface area is 77.8 Å². The van der Waals surface area contributed by atoms with Crippen LogP contribution in [-0.4, -0.2) is 36.5 Å². The quantitative estimate of drug-likeness (QED) is 0.716. The monoisotopic (exact) mass is 188 g/mol. The first-order valence-corrected chi connectivity index (χ1v) is 4.63. The van der Waals surface area contributed by atoms with Gasteiger partial charge in [0.25, 0.3) is 0 Å². The van der Waals surface area contributed by atoms with E-state index in [9.17, 15) is 4.79 Å². The van der Waals surface area contributed by atoms with Crippen LogP contribution in [0.3, 0.4) is 0 Å². The van der Waals surface area contributed by atoms with E-state index in [1.165, 1.54) is 0 Å². The number of ether oxygens (including phenoxy) is 2. The van der Waals surface area contributed by atoms with Crippen LogP contribution in [-0.2, 0) is 14.3 Å². The molecule has 0 aromatic rings. The van der Waals surface area contributed by atoms with Gasteiger partial charge < -0.3 is 14.6 Å². The number of hydrogen-bond acceptors (Lipinski definition) is 3. The van der Waals surface area contributed by atoms with E-state index in [0.29, 0.717) is 0 Å². The molecule has 13 heavy (non-hydrogen) atoms. The van der Waals surface area contributed by atoms with Crippen molar-refractivity contribution >= 4 is 5.97 Å². The lowest BCUT2D eigenvalue weighted by atomic mass is 10.1. The van der Waals surface area contributed by atoms with Gasteiger partial charge in [-0.2, -0.15) is 0 Å². The average Bonchev–Trinajstić information content (AvgIpc) is 2.04. The van der Waals surface area contributed by atoms with Gasteiger partial charge in [-0.1, -0.05) is 0 Å². The normalized spacial score (nSPS) is 21.3. The molecule has 1 fully saturated rings. The van der Waals surface area contributed by atoms with Crippen molar-refractivity contribution in [3.8, 4) is 0 Å². The number of hydrogen-bond donors (Lipinski definition) is 1. The Hall–Kier alpha value is -0.610. The number of aliphatic carboxylic acids is 1. The minimum Gasteiger partial charge on any atom is -0.481 e. The molecule has 0 radical (unpaired) electrons. The van der Waals surface area contributed by atoms with Crippen LogP contribution in [0, 0.1) is 0 Å². The first-order chi connectivity index (χ1) is 6.18. The summed E-state index contributed by atoms with van der Waals surface area (Å²) in [5.74, 6) is -0.806. The summed E-state index contributed by atoms with van der Waals surface area (Å²) in [4.78, 5) is 10.3. The van der Waals surface area contributed by atoms with Gasteiger partial charge in [0.05, 0.1) is 18.6 Å². The van der Waals surface area contributed by atoms with E-state index in [1.54, 1.807) is 6.92 Å². The minimum atomic E-state index is -0.806. The van der Waals surface area contributed by atoms with Gasteiger partial charge in [0.15, 0.2) is 0 Å². The van der Waals surface area contributed by atoms with Crippen molar-refractivity contribution in [2.45, 2.75) is 38.4 Å². The first-order valence-electron chi connectivity index (χ1n) is 4.63. The molecule has 1 rings (SSSR count). The standard InChI is InChI=1S/C9H16O4/c1-7(6-9(10)11)13-8-2-4-12-5-3-8/h7-8H,2-6H2,1H3,(H,10,11). The molecule has 1 aliphatic rings. The maximum atomic E-state index is 10.3. The van der Waals surface area contributed by atoms with Crippen LogP contribution in [0.1, 0.15) is 26.2 Å². The van der Waals surface area contributed by atoms with Crippen LogP contribution < -0.4 is 0 Å². The fourth-order valence-electron chi connectivity index (χ4n) is 1.43. The third-order valence-corrected chi connectivity index (χ3v) is 2.06. The maximum Gasteiger partial charge on any atom is 0.305 e. The summed E-state index contributed by atoms with van der Waals surface area (Å²) in [7, 11) is 0. The second-order valence-electron chi connectivity index (χ2n) is 3.36. The molecule has 1 aliphatic heterocycles. The smallest absolute Gasteiger partial charge is 0.305 e. The van der Waals surface area contributed by atoms with Gasteiger partial charge in [-0.05, 0) is 19.8 Å². The fraction of sp³-hybridized carbons (Fsp3) is 0.889. The number of carbonyl (C=O) groups is 1. The summed E-state index contributed by atoms with van der Waals surface area (Å²) >= 11 is 0. The largest absolute Gasteiger partial charge is 0.481 e. The van der Waals surface area contributed by atoms with E-state index in [-0.39, 0.29) is 18.6 Å². The number of carboxylic acid groups (broad SMARTS) is 1. The lowest BCUT2D eigenvalue weighted by Crippen LogP contribution is -2.28. The third-order valence-electron chi connectivity index (χ3n) is 2.06. The molecular formula is C9H16O4. The Balaban J connectivity index is 2.18. The summed E-state index contributed by atoms with van der Waals surface area (Å²) in [5.41, 5.74) is 0. The second-order valence-corrected chi connectivity index (χ2v) is 3.36. The second kappa shape index (κ2) is 5.19. The summed E-state index contributed by atoms with van der Waals surface area (Å²) in [6, 6.07) is 0. The van der Waals surface area contributed by atoms with Crippen LogP contribution in [0.4, 0.5) is 0 Å². The van der Waals surface area contributed by atoms with E-state index in [4.69, 9.17) is 14.6 Å².